The number of anilines is 3. The lowest BCUT2D eigenvalue weighted by Crippen LogP contribution is -2.05. The summed E-state index contributed by atoms with van der Waals surface area (Å²) < 4.78 is 0. The van der Waals surface area contributed by atoms with Crippen molar-refractivity contribution in [3.63, 3.8) is 0 Å². The topological polar surface area (TPSA) is 136 Å². The molecule has 2 aromatic rings. The van der Waals surface area contributed by atoms with Crippen LogP contribution in [0.4, 0.5) is 17.2 Å². The van der Waals surface area contributed by atoms with Gasteiger partial charge in [0.2, 0.25) is 0 Å². The summed E-state index contributed by atoms with van der Waals surface area (Å²) in [4.78, 5) is 15.0. The molecule has 0 aliphatic rings. The van der Waals surface area contributed by atoms with Gasteiger partial charge in [-0.15, -0.1) is 0 Å². The fourth-order valence-electron chi connectivity index (χ4n) is 1.68. The Balaban J connectivity index is 2.35. The van der Waals surface area contributed by atoms with E-state index in [-0.39, 0.29) is 28.2 Å². The van der Waals surface area contributed by atoms with E-state index in [0.29, 0.717) is 5.69 Å². The van der Waals surface area contributed by atoms with Crippen LogP contribution in [0.3, 0.4) is 0 Å². The third-order valence-electron chi connectivity index (χ3n) is 2.70. The Bertz CT molecular complexity index is 802. The van der Waals surface area contributed by atoms with E-state index in [1.807, 2.05) is 12.1 Å². The minimum absolute atomic E-state index is 0.0607. The maximum Gasteiger partial charge on any atom is 0.337 e. The predicted octanol–water partition coefficient (Wildman–Crippen LogP) is 1.85. The predicted molar refractivity (Wildman–Crippen MR) is 74.8 cm³/mol. The first-order chi connectivity index (χ1) is 10.0. The third-order valence-corrected chi connectivity index (χ3v) is 2.70. The number of nitrogens with two attached hydrogens (primary N) is 1. The molecule has 7 heteroatoms. The molecule has 0 amide bonds. The van der Waals surface area contributed by atoms with Gasteiger partial charge in [0.05, 0.1) is 28.6 Å². The van der Waals surface area contributed by atoms with Gasteiger partial charge in [0.1, 0.15) is 18.0 Å². The average molecular weight is 279 g/mol. The Hall–Kier alpha value is -3.58. The molecule has 1 heterocycles. The lowest BCUT2D eigenvalue weighted by atomic mass is 10.1. The zero-order chi connectivity index (χ0) is 15.4. The van der Waals surface area contributed by atoms with Gasteiger partial charge in [-0.1, -0.05) is 0 Å². The van der Waals surface area contributed by atoms with Crippen LogP contribution in [0.1, 0.15) is 21.5 Å². The molecule has 1 aromatic carbocycles. The molecule has 0 saturated carbocycles. The summed E-state index contributed by atoms with van der Waals surface area (Å²) in [7, 11) is 0. The quantitative estimate of drug-likeness (QED) is 0.779. The van der Waals surface area contributed by atoms with E-state index in [4.69, 9.17) is 21.4 Å². The van der Waals surface area contributed by atoms with Crippen molar-refractivity contribution in [2.24, 2.45) is 0 Å². The number of nitrogen functional groups attached to an aromatic ring is 1. The van der Waals surface area contributed by atoms with Crippen LogP contribution < -0.4 is 11.1 Å². The molecule has 0 spiro atoms. The molecule has 102 valence electrons. The van der Waals surface area contributed by atoms with Crippen molar-refractivity contribution in [2.45, 2.75) is 0 Å². The molecule has 2 rings (SSSR count). The number of carboxylic acid groups (broad SMARTS) is 1. The fourth-order valence-corrected chi connectivity index (χ4v) is 1.68. The summed E-state index contributed by atoms with van der Waals surface area (Å²) in [6.07, 6.45) is 1.24. The van der Waals surface area contributed by atoms with Crippen molar-refractivity contribution in [1.29, 1.82) is 10.5 Å². The van der Waals surface area contributed by atoms with Gasteiger partial charge in [-0.25, -0.2) is 9.78 Å². The minimum atomic E-state index is -1.16. The van der Waals surface area contributed by atoms with Gasteiger partial charge >= 0.3 is 5.97 Å². The normalized spacial score (nSPS) is 9.43. The third kappa shape index (κ3) is 2.88. The first-order valence-corrected chi connectivity index (χ1v) is 5.75. The second-order valence-electron chi connectivity index (χ2n) is 4.07. The second kappa shape index (κ2) is 5.59. The molecule has 1 aromatic heterocycles. The standard InChI is InChI=1S/C14H9N5O2/c15-5-8-1-2-10(3-9(8)6-16)19-13-4-11(14(20)21)12(17)7-18-13/h1-4,7H,17H2,(H,18,19)(H,20,21). The number of nitrogens with one attached hydrogen (secondary N) is 1. The Morgan fingerprint density at radius 3 is 2.57 bits per heavy atom. The van der Waals surface area contributed by atoms with Crippen molar-refractivity contribution in [2.75, 3.05) is 11.1 Å². The van der Waals surface area contributed by atoms with Crippen LogP contribution in [0, 0.1) is 22.7 Å². The zero-order valence-corrected chi connectivity index (χ0v) is 10.7. The van der Waals surface area contributed by atoms with Crippen LogP contribution >= 0.6 is 0 Å². The van der Waals surface area contributed by atoms with Crippen molar-refractivity contribution in [1.82, 2.24) is 4.98 Å². The number of rotatable bonds is 3. The number of nitrogens with zero attached hydrogens (tertiary/aromatic N) is 3. The van der Waals surface area contributed by atoms with E-state index >= 15 is 0 Å². The van der Waals surface area contributed by atoms with E-state index in [9.17, 15) is 4.79 Å². The summed E-state index contributed by atoms with van der Waals surface area (Å²) in [5.41, 5.74) is 6.51. The van der Waals surface area contributed by atoms with E-state index in [0.717, 1.165) is 0 Å². The number of benzene rings is 1. The van der Waals surface area contributed by atoms with E-state index in [1.165, 1.54) is 24.4 Å². The zero-order valence-electron chi connectivity index (χ0n) is 10.7. The Morgan fingerprint density at radius 1 is 1.24 bits per heavy atom. The van der Waals surface area contributed by atoms with Gasteiger partial charge in [-0.3, -0.25) is 0 Å². The van der Waals surface area contributed by atoms with Gasteiger partial charge < -0.3 is 16.2 Å². The van der Waals surface area contributed by atoms with Crippen molar-refractivity contribution < 1.29 is 9.90 Å². The molecule has 0 aliphatic carbocycles. The lowest BCUT2D eigenvalue weighted by molar-refractivity contribution is 0.0698. The number of carboxylic acids is 1. The highest BCUT2D eigenvalue weighted by Gasteiger charge is 2.10. The number of nitriles is 2. The Kier molecular flexibility index (Phi) is 3.69. The molecule has 21 heavy (non-hydrogen) atoms. The molecule has 0 fully saturated rings. The monoisotopic (exact) mass is 279 g/mol. The van der Waals surface area contributed by atoms with Crippen LogP contribution in [0.15, 0.2) is 30.5 Å². The van der Waals surface area contributed by atoms with Gasteiger partial charge in [0.15, 0.2) is 0 Å². The summed E-state index contributed by atoms with van der Waals surface area (Å²) in [5.74, 6) is -0.884. The van der Waals surface area contributed by atoms with Crippen molar-refractivity contribution >= 4 is 23.2 Å². The average Bonchev–Trinajstić information content (AvgIpc) is 2.48. The minimum Gasteiger partial charge on any atom is -0.478 e. The van der Waals surface area contributed by atoms with Crippen LogP contribution in [0.2, 0.25) is 0 Å². The molecule has 0 bridgehead atoms. The Morgan fingerprint density at radius 2 is 1.95 bits per heavy atom. The van der Waals surface area contributed by atoms with Crippen LogP contribution in [-0.4, -0.2) is 16.1 Å². The van der Waals surface area contributed by atoms with E-state index < -0.39 is 5.97 Å². The van der Waals surface area contributed by atoms with Crippen molar-refractivity contribution in [3.8, 4) is 12.1 Å². The molecular weight excluding hydrogens is 270 g/mol. The molecule has 0 saturated heterocycles. The van der Waals surface area contributed by atoms with Crippen LogP contribution in [-0.2, 0) is 0 Å². The molecule has 0 unspecified atom stereocenters. The van der Waals surface area contributed by atoms with Gasteiger partial charge in [-0.05, 0) is 24.3 Å². The number of aromatic carboxylic acids is 1. The lowest BCUT2D eigenvalue weighted by Gasteiger charge is -2.08. The van der Waals surface area contributed by atoms with Crippen LogP contribution in [0.25, 0.3) is 0 Å². The Labute approximate surface area is 119 Å². The van der Waals surface area contributed by atoms with E-state index in [1.54, 1.807) is 6.07 Å². The maximum absolute atomic E-state index is 11.0. The first kappa shape index (κ1) is 13.8. The molecular formula is C14H9N5O2. The SMILES string of the molecule is N#Cc1ccc(Nc2cc(C(=O)O)c(N)cn2)cc1C#N. The molecule has 4 N–H and O–H groups in total. The molecule has 7 nitrogen and oxygen atoms in total. The largest absolute Gasteiger partial charge is 0.478 e. The van der Waals surface area contributed by atoms with Gasteiger partial charge in [0.25, 0.3) is 0 Å². The number of hydrogen-bond donors (Lipinski definition) is 3. The highest BCUT2D eigenvalue weighted by atomic mass is 16.4. The summed E-state index contributed by atoms with van der Waals surface area (Å²) in [6.45, 7) is 0. The molecule has 0 aliphatic heterocycles. The van der Waals surface area contributed by atoms with Crippen molar-refractivity contribution in [3.05, 3.63) is 47.2 Å². The summed E-state index contributed by atoms with van der Waals surface area (Å²) in [6, 6.07) is 9.69. The highest BCUT2D eigenvalue weighted by molar-refractivity contribution is 5.94. The highest BCUT2D eigenvalue weighted by Crippen LogP contribution is 2.21. The summed E-state index contributed by atoms with van der Waals surface area (Å²) in [5, 5.41) is 29.7. The smallest absolute Gasteiger partial charge is 0.337 e. The van der Waals surface area contributed by atoms with Gasteiger partial charge in [-0.2, -0.15) is 10.5 Å². The number of carbonyl (C=O) groups is 1. The van der Waals surface area contributed by atoms with Gasteiger partial charge in [0, 0.05) is 5.69 Å². The molecule has 0 radical (unpaired) electrons. The van der Waals surface area contributed by atoms with Crippen LogP contribution in [0.5, 0.6) is 0 Å². The molecule has 0 atom stereocenters. The maximum atomic E-state index is 11.0. The second-order valence-corrected chi connectivity index (χ2v) is 4.07. The first-order valence-electron chi connectivity index (χ1n) is 5.75. The number of aromatic nitrogens is 1. The van der Waals surface area contributed by atoms with E-state index in [2.05, 4.69) is 10.3 Å². The number of pyridine rings is 1. The fraction of sp³-hybridized carbons (Fsp3) is 0. The number of hydrogen-bond acceptors (Lipinski definition) is 6. The summed E-state index contributed by atoms with van der Waals surface area (Å²) >= 11 is 0.